The standard InChI is InChI=1S/C11H13FO/c1-8-3-2-4-10(11(8)12)13-7-9-5-6-9/h2-4,9H,5-7H2,1H3. The average molecular weight is 180 g/mol. The molecule has 0 unspecified atom stereocenters. The highest BCUT2D eigenvalue weighted by atomic mass is 19.1. The first-order chi connectivity index (χ1) is 6.27. The highest BCUT2D eigenvalue weighted by Gasteiger charge is 2.22. The van der Waals surface area contributed by atoms with Gasteiger partial charge in [0.15, 0.2) is 11.6 Å². The molecule has 0 N–H and O–H groups in total. The van der Waals surface area contributed by atoms with E-state index in [2.05, 4.69) is 0 Å². The molecule has 1 aromatic rings. The number of hydrogen-bond acceptors (Lipinski definition) is 1. The van der Waals surface area contributed by atoms with Crippen molar-refractivity contribution in [3.63, 3.8) is 0 Å². The van der Waals surface area contributed by atoms with Gasteiger partial charge in [0.05, 0.1) is 6.61 Å². The maximum absolute atomic E-state index is 13.3. The van der Waals surface area contributed by atoms with Gasteiger partial charge in [-0.25, -0.2) is 4.39 Å². The van der Waals surface area contributed by atoms with E-state index in [4.69, 9.17) is 4.74 Å². The van der Waals surface area contributed by atoms with Crippen LogP contribution in [0.1, 0.15) is 18.4 Å². The molecule has 0 spiro atoms. The van der Waals surface area contributed by atoms with E-state index in [0.717, 1.165) is 0 Å². The second kappa shape index (κ2) is 3.36. The van der Waals surface area contributed by atoms with Crippen molar-refractivity contribution in [2.75, 3.05) is 6.61 Å². The lowest BCUT2D eigenvalue weighted by Gasteiger charge is -2.07. The van der Waals surface area contributed by atoms with E-state index in [1.54, 1.807) is 19.1 Å². The fourth-order valence-electron chi connectivity index (χ4n) is 1.22. The molecule has 1 saturated carbocycles. The highest BCUT2D eigenvalue weighted by Crippen LogP contribution is 2.30. The number of hydrogen-bond donors (Lipinski definition) is 0. The van der Waals surface area contributed by atoms with Gasteiger partial charge in [-0.1, -0.05) is 12.1 Å². The van der Waals surface area contributed by atoms with Crippen LogP contribution in [0.3, 0.4) is 0 Å². The first-order valence-electron chi connectivity index (χ1n) is 4.65. The Morgan fingerprint density at radius 3 is 2.92 bits per heavy atom. The van der Waals surface area contributed by atoms with Gasteiger partial charge in [0.25, 0.3) is 0 Å². The minimum atomic E-state index is -0.219. The molecular formula is C11H13FO. The summed E-state index contributed by atoms with van der Waals surface area (Å²) < 4.78 is 18.7. The van der Waals surface area contributed by atoms with E-state index in [1.807, 2.05) is 6.07 Å². The van der Waals surface area contributed by atoms with Crippen molar-refractivity contribution < 1.29 is 9.13 Å². The summed E-state index contributed by atoms with van der Waals surface area (Å²) in [6, 6.07) is 5.25. The number of halogens is 1. The molecule has 1 aromatic carbocycles. The molecular weight excluding hydrogens is 167 g/mol. The molecule has 13 heavy (non-hydrogen) atoms. The molecule has 70 valence electrons. The smallest absolute Gasteiger partial charge is 0.167 e. The lowest BCUT2D eigenvalue weighted by Crippen LogP contribution is -2.01. The van der Waals surface area contributed by atoms with E-state index in [0.29, 0.717) is 23.8 Å². The summed E-state index contributed by atoms with van der Waals surface area (Å²) in [5.41, 5.74) is 0.647. The third-order valence-electron chi connectivity index (χ3n) is 2.33. The first kappa shape index (κ1) is 8.54. The molecule has 2 rings (SSSR count). The van der Waals surface area contributed by atoms with Gasteiger partial charge < -0.3 is 4.74 Å². The van der Waals surface area contributed by atoms with Crippen LogP contribution in [-0.4, -0.2) is 6.61 Å². The molecule has 0 heterocycles. The molecule has 0 atom stereocenters. The first-order valence-corrected chi connectivity index (χ1v) is 4.65. The van der Waals surface area contributed by atoms with Crippen LogP contribution in [0.4, 0.5) is 4.39 Å². The van der Waals surface area contributed by atoms with Gasteiger partial charge in [-0.3, -0.25) is 0 Å². The molecule has 1 aliphatic carbocycles. The van der Waals surface area contributed by atoms with E-state index in [1.165, 1.54) is 12.8 Å². The minimum absolute atomic E-state index is 0.219. The van der Waals surface area contributed by atoms with Gasteiger partial charge in [-0.05, 0) is 37.3 Å². The Bertz CT molecular complexity index is 305. The Morgan fingerprint density at radius 2 is 2.23 bits per heavy atom. The molecule has 1 aliphatic rings. The van der Waals surface area contributed by atoms with Crippen LogP contribution in [0.2, 0.25) is 0 Å². The summed E-state index contributed by atoms with van der Waals surface area (Å²) in [5.74, 6) is 0.843. The molecule has 0 aliphatic heterocycles. The van der Waals surface area contributed by atoms with Gasteiger partial charge in [0, 0.05) is 0 Å². The van der Waals surface area contributed by atoms with E-state index in [-0.39, 0.29) is 5.82 Å². The largest absolute Gasteiger partial charge is 0.490 e. The maximum Gasteiger partial charge on any atom is 0.167 e. The lowest BCUT2D eigenvalue weighted by atomic mass is 10.2. The Hall–Kier alpha value is -1.05. The van der Waals surface area contributed by atoms with Crippen molar-refractivity contribution in [2.24, 2.45) is 5.92 Å². The summed E-state index contributed by atoms with van der Waals surface area (Å²) in [6.45, 7) is 2.42. The summed E-state index contributed by atoms with van der Waals surface area (Å²) in [7, 11) is 0. The molecule has 0 radical (unpaired) electrons. The van der Waals surface area contributed by atoms with Crippen molar-refractivity contribution in [3.05, 3.63) is 29.6 Å². The van der Waals surface area contributed by atoms with Crippen LogP contribution in [-0.2, 0) is 0 Å². The molecule has 0 amide bonds. The van der Waals surface area contributed by atoms with Crippen LogP contribution in [0, 0.1) is 18.7 Å². The SMILES string of the molecule is Cc1cccc(OCC2CC2)c1F. The van der Waals surface area contributed by atoms with Gasteiger partial charge in [-0.15, -0.1) is 0 Å². The van der Waals surface area contributed by atoms with Gasteiger partial charge >= 0.3 is 0 Å². The number of ether oxygens (including phenoxy) is 1. The second-order valence-corrected chi connectivity index (χ2v) is 3.64. The minimum Gasteiger partial charge on any atom is -0.490 e. The van der Waals surface area contributed by atoms with Crippen LogP contribution in [0.5, 0.6) is 5.75 Å². The Morgan fingerprint density at radius 1 is 1.46 bits per heavy atom. The van der Waals surface area contributed by atoms with Crippen LogP contribution in [0.15, 0.2) is 18.2 Å². The van der Waals surface area contributed by atoms with Crippen molar-refractivity contribution in [1.82, 2.24) is 0 Å². The van der Waals surface area contributed by atoms with Gasteiger partial charge in [-0.2, -0.15) is 0 Å². The van der Waals surface area contributed by atoms with Crippen molar-refractivity contribution in [3.8, 4) is 5.75 Å². The Labute approximate surface area is 77.5 Å². The topological polar surface area (TPSA) is 9.23 Å². The summed E-state index contributed by atoms with van der Waals surface area (Å²) in [6.07, 6.45) is 2.46. The molecule has 2 heteroatoms. The van der Waals surface area contributed by atoms with Gasteiger partial charge in [0.2, 0.25) is 0 Å². The Kier molecular flexibility index (Phi) is 2.21. The molecule has 0 saturated heterocycles. The van der Waals surface area contributed by atoms with Crippen LogP contribution in [0.25, 0.3) is 0 Å². The average Bonchev–Trinajstić information content (AvgIpc) is 2.91. The molecule has 1 nitrogen and oxygen atoms in total. The zero-order valence-corrected chi connectivity index (χ0v) is 7.72. The lowest BCUT2D eigenvalue weighted by molar-refractivity contribution is 0.285. The van der Waals surface area contributed by atoms with Crippen LogP contribution < -0.4 is 4.74 Å². The zero-order chi connectivity index (χ0) is 9.26. The fraction of sp³-hybridized carbons (Fsp3) is 0.455. The van der Waals surface area contributed by atoms with E-state index >= 15 is 0 Å². The maximum atomic E-state index is 13.3. The summed E-state index contributed by atoms with van der Waals surface area (Å²) in [5, 5.41) is 0. The number of rotatable bonds is 3. The summed E-state index contributed by atoms with van der Waals surface area (Å²) >= 11 is 0. The Balaban J connectivity index is 2.05. The van der Waals surface area contributed by atoms with Crippen LogP contribution >= 0.6 is 0 Å². The van der Waals surface area contributed by atoms with Gasteiger partial charge in [0.1, 0.15) is 0 Å². The highest BCUT2D eigenvalue weighted by molar-refractivity contribution is 5.30. The second-order valence-electron chi connectivity index (χ2n) is 3.64. The third kappa shape index (κ3) is 2.00. The molecule has 0 aromatic heterocycles. The number of benzene rings is 1. The van der Waals surface area contributed by atoms with Crippen molar-refractivity contribution in [2.45, 2.75) is 19.8 Å². The van der Waals surface area contributed by atoms with Crippen molar-refractivity contribution >= 4 is 0 Å². The zero-order valence-electron chi connectivity index (χ0n) is 7.72. The third-order valence-corrected chi connectivity index (χ3v) is 2.33. The van der Waals surface area contributed by atoms with E-state index < -0.39 is 0 Å². The predicted molar refractivity (Wildman–Crippen MR) is 49.4 cm³/mol. The predicted octanol–water partition coefficient (Wildman–Crippen LogP) is 2.92. The normalized spacial score (nSPS) is 15.8. The monoisotopic (exact) mass is 180 g/mol. The number of aryl methyl sites for hydroxylation is 1. The van der Waals surface area contributed by atoms with Crippen molar-refractivity contribution in [1.29, 1.82) is 0 Å². The van der Waals surface area contributed by atoms with E-state index in [9.17, 15) is 4.39 Å². The molecule has 1 fully saturated rings. The summed E-state index contributed by atoms with van der Waals surface area (Å²) in [4.78, 5) is 0. The quantitative estimate of drug-likeness (QED) is 0.695. The molecule has 0 bridgehead atoms. The fourth-order valence-corrected chi connectivity index (χ4v) is 1.22.